The quantitative estimate of drug-likeness (QED) is 0.581. The molecule has 1 aliphatic carbocycles. The molecular formula is C9H13OZr-. The van der Waals surface area contributed by atoms with E-state index < -0.39 is 0 Å². The first-order valence-electron chi connectivity index (χ1n) is 3.34. The first-order chi connectivity index (χ1) is 4.63. The van der Waals surface area contributed by atoms with E-state index in [4.69, 9.17) is 0 Å². The fourth-order valence-electron chi connectivity index (χ4n) is 0.515. The first-order valence-corrected chi connectivity index (χ1v) is 3.34. The second kappa shape index (κ2) is 8.13. The Hall–Kier alpha value is 0.0331. The zero-order valence-electron chi connectivity index (χ0n) is 7.27. The predicted octanol–water partition coefficient (Wildman–Crippen LogP) is 2.29. The topological polar surface area (TPSA) is 17.1 Å². The molecule has 0 amide bonds. The molecule has 1 aliphatic rings. The molecule has 0 unspecified atom stereocenters. The summed E-state index contributed by atoms with van der Waals surface area (Å²) in [5.74, 6) is 0.167. The molecule has 0 bridgehead atoms. The molecule has 0 heterocycles. The van der Waals surface area contributed by atoms with Crippen molar-refractivity contribution in [1.29, 1.82) is 0 Å². The van der Waals surface area contributed by atoms with E-state index in [1.54, 1.807) is 0 Å². The van der Waals surface area contributed by atoms with Crippen molar-refractivity contribution < 1.29 is 31.0 Å². The second-order valence-corrected chi connectivity index (χ2v) is 2.37. The van der Waals surface area contributed by atoms with E-state index in [0.717, 1.165) is 6.42 Å². The average Bonchev–Trinajstić information content (AvgIpc) is 2.15. The smallest absolute Gasteiger partial charge is 0.126 e. The predicted molar refractivity (Wildman–Crippen MR) is 42.5 cm³/mol. The standard InChI is InChI=1S/C6H7.C3H6O.Zr/c1-6-4-2-3-5-6;1-3(2)4;/h2,4H,3H2,1H3;1-2H3;/q-1;;. The van der Waals surface area contributed by atoms with Crippen molar-refractivity contribution in [1.82, 2.24) is 0 Å². The van der Waals surface area contributed by atoms with Crippen LogP contribution in [0.3, 0.4) is 0 Å². The maximum atomic E-state index is 9.44. The Balaban J connectivity index is 0. The third kappa shape index (κ3) is 13.1. The molecule has 0 aromatic rings. The van der Waals surface area contributed by atoms with Gasteiger partial charge in [-0.1, -0.05) is 6.92 Å². The Morgan fingerprint density at radius 3 is 2.09 bits per heavy atom. The van der Waals surface area contributed by atoms with Gasteiger partial charge in [-0.3, -0.25) is 6.08 Å². The van der Waals surface area contributed by atoms with E-state index in [-0.39, 0.29) is 32.0 Å². The summed E-state index contributed by atoms with van der Waals surface area (Å²) < 4.78 is 0. The van der Waals surface area contributed by atoms with Gasteiger partial charge in [0.25, 0.3) is 0 Å². The van der Waals surface area contributed by atoms with Crippen molar-refractivity contribution >= 4 is 5.78 Å². The van der Waals surface area contributed by atoms with Gasteiger partial charge in [-0.05, 0) is 13.8 Å². The molecule has 0 saturated carbocycles. The number of hydrogen-bond donors (Lipinski definition) is 0. The normalized spacial score (nSPS) is 12.5. The zero-order chi connectivity index (χ0) is 7.98. The van der Waals surface area contributed by atoms with Crippen LogP contribution in [0.5, 0.6) is 0 Å². The summed E-state index contributed by atoms with van der Waals surface area (Å²) in [6, 6.07) is 0. The van der Waals surface area contributed by atoms with Gasteiger partial charge in [0.1, 0.15) is 5.78 Å². The molecule has 11 heavy (non-hydrogen) atoms. The van der Waals surface area contributed by atoms with Crippen LogP contribution in [0.15, 0.2) is 17.7 Å². The van der Waals surface area contributed by atoms with Gasteiger partial charge in [0.15, 0.2) is 0 Å². The van der Waals surface area contributed by atoms with Crippen LogP contribution in [0, 0.1) is 6.08 Å². The molecule has 0 fully saturated rings. The van der Waals surface area contributed by atoms with Crippen LogP contribution in [0.25, 0.3) is 0 Å². The number of carbonyl (C=O) groups is 1. The fraction of sp³-hybridized carbons (Fsp3) is 0.444. The number of rotatable bonds is 0. The van der Waals surface area contributed by atoms with Crippen molar-refractivity contribution in [3.63, 3.8) is 0 Å². The van der Waals surface area contributed by atoms with E-state index >= 15 is 0 Å². The van der Waals surface area contributed by atoms with E-state index in [0.29, 0.717) is 0 Å². The Morgan fingerprint density at radius 1 is 1.55 bits per heavy atom. The van der Waals surface area contributed by atoms with Gasteiger partial charge in [-0.2, -0.15) is 6.08 Å². The fourth-order valence-corrected chi connectivity index (χ4v) is 0.515. The van der Waals surface area contributed by atoms with Crippen molar-refractivity contribution in [2.45, 2.75) is 27.2 Å². The van der Waals surface area contributed by atoms with E-state index in [1.807, 2.05) is 0 Å². The van der Waals surface area contributed by atoms with Crippen LogP contribution < -0.4 is 0 Å². The Labute approximate surface area is 87.7 Å². The Kier molecular flexibility index (Phi) is 10.1. The number of ketones is 1. The molecule has 0 N–H and O–H groups in total. The first kappa shape index (κ1) is 13.6. The minimum absolute atomic E-state index is 0. The summed E-state index contributed by atoms with van der Waals surface area (Å²) in [6.45, 7) is 5.11. The van der Waals surface area contributed by atoms with Gasteiger partial charge >= 0.3 is 0 Å². The van der Waals surface area contributed by atoms with Crippen LogP contribution in [0.4, 0.5) is 0 Å². The molecule has 2 heteroatoms. The maximum Gasteiger partial charge on any atom is 0.126 e. The van der Waals surface area contributed by atoms with Crippen LogP contribution in [-0.2, 0) is 31.0 Å². The van der Waals surface area contributed by atoms with Gasteiger partial charge in [0.05, 0.1) is 0 Å². The molecule has 0 aromatic heterocycles. The number of carbonyl (C=O) groups excluding carboxylic acids is 1. The molecule has 0 aromatic carbocycles. The van der Waals surface area contributed by atoms with Gasteiger partial charge in [-0.15, -0.1) is 6.42 Å². The number of Topliss-reactive ketones (excluding diaryl/α,β-unsaturated/α-hetero) is 1. The summed E-state index contributed by atoms with van der Waals surface area (Å²) in [5.41, 5.74) is 1.27. The van der Waals surface area contributed by atoms with E-state index in [9.17, 15) is 4.79 Å². The minimum atomic E-state index is 0. The second-order valence-electron chi connectivity index (χ2n) is 2.37. The summed E-state index contributed by atoms with van der Waals surface area (Å²) in [6.07, 6.45) is 8.33. The van der Waals surface area contributed by atoms with Crippen molar-refractivity contribution in [3.8, 4) is 0 Å². The minimum Gasteiger partial charge on any atom is -0.300 e. The molecular weight excluding hydrogens is 215 g/mol. The van der Waals surface area contributed by atoms with Crippen LogP contribution in [0.2, 0.25) is 0 Å². The monoisotopic (exact) mass is 227 g/mol. The van der Waals surface area contributed by atoms with Gasteiger partial charge in [-0.25, -0.2) is 11.6 Å². The maximum absolute atomic E-state index is 9.44. The zero-order valence-corrected chi connectivity index (χ0v) is 9.73. The molecule has 60 valence electrons. The van der Waals surface area contributed by atoms with Gasteiger partial charge < -0.3 is 4.79 Å². The van der Waals surface area contributed by atoms with Gasteiger partial charge in [0.2, 0.25) is 0 Å². The Morgan fingerprint density at radius 2 is 2.00 bits per heavy atom. The Bertz CT molecular complexity index is 162. The van der Waals surface area contributed by atoms with Crippen LogP contribution in [-0.4, -0.2) is 5.78 Å². The molecule has 0 radical (unpaired) electrons. The molecule has 0 aliphatic heterocycles. The van der Waals surface area contributed by atoms with Crippen molar-refractivity contribution in [3.05, 3.63) is 23.8 Å². The van der Waals surface area contributed by atoms with Gasteiger partial charge in [0, 0.05) is 26.2 Å². The third-order valence-electron chi connectivity index (χ3n) is 0.867. The van der Waals surface area contributed by atoms with Crippen LogP contribution >= 0.6 is 0 Å². The molecule has 0 atom stereocenters. The number of hydrogen-bond acceptors (Lipinski definition) is 1. The summed E-state index contributed by atoms with van der Waals surface area (Å²) in [4.78, 5) is 9.44. The van der Waals surface area contributed by atoms with Crippen LogP contribution in [0.1, 0.15) is 27.2 Å². The van der Waals surface area contributed by atoms with E-state index in [2.05, 4.69) is 25.2 Å². The largest absolute Gasteiger partial charge is 0.300 e. The SMILES string of the molecule is CC(C)=O.CC1=[C-]CC=C1.[Zr]. The summed E-state index contributed by atoms with van der Waals surface area (Å²) in [5, 5.41) is 0. The molecule has 0 spiro atoms. The summed E-state index contributed by atoms with van der Waals surface area (Å²) >= 11 is 0. The summed E-state index contributed by atoms with van der Waals surface area (Å²) in [7, 11) is 0. The van der Waals surface area contributed by atoms with Crippen molar-refractivity contribution in [2.24, 2.45) is 0 Å². The molecule has 1 nitrogen and oxygen atoms in total. The molecule has 1 rings (SSSR count). The number of allylic oxidation sites excluding steroid dienone is 4. The van der Waals surface area contributed by atoms with E-state index in [1.165, 1.54) is 19.4 Å². The molecule has 0 saturated heterocycles. The third-order valence-corrected chi connectivity index (χ3v) is 0.867. The van der Waals surface area contributed by atoms with Crippen molar-refractivity contribution in [2.75, 3.05) is 0 Å². The average molecular weight is 228 g/mol.